The summed E-state index contributed by atoms with van der Waals surface area (Å²) in [6.45, 7) is 6.69. The Morgan fingerprint density at radius 2 is 1.69 bits per heavy atom. The van der Waals surface area contributed by atoms with Crippen molar-refractivity contribution in [1.82, 2.24) is 0 Å². The smallest absolute Gasteiger partial charge is 1.00 e. The van der Waals surface area contributed by atoms with Gasteiger partial charge in [0.15, 0.2) is 0 Å². The molecule has 0 bridgehead atoms. The maximum atomic E-state index is 2.29. The molecule has 0 spiro atoms. The van der Waals surface area contributed by atoms with Crippen LogP contribution in [0.5, 0.6) is 0 Å². The zero-order chi connectivity index (χ0) is 8.69. The molecule has 0 fully saturated rings. The summed E-state index contributed by atoms with van der Waals surface area (Å²) in [7, 11) is 0.380. The second kappa shape index (κ2) is 13.1. The molecule has 0 heterocycles. The number of hydrogen-bond acceptors (Lipinski definition) is 0. The molecule has 1 rings (SSSR count). The molecule has 13 heavy (non-hydrogen) atoms. The van der Waals surface area contributed by atoms with Crippen LogP contribution in [0.1, 0.15) is 6.42 Å². The summed E-state index contributed by atoms with van der Waals surface area (Å²) in [4.78, 5) is 0. The first-order valence-electron chi connectivity index (χ1n) is 3.73. The second-order valence-corrected chi connectivity index (χ2v) is 7.13. The average molecular weight is 278 g/mol. The predicted octanol–water partition coefficient (Wildman–Crippen LogP) is -2.67. The molecule has 0 amide bonds. The van der Waals surface area contributed by atoms with E-state index in [1.807, 2.05) is 0 Å². The standard InChI is InChI=1S/C5H5.C3H9P.CH3.2ClH.V/c1-2-4-5-3-1;1-4(2)3;;;;/h1-3H,4H2;1-3H3;1H3;2*1H;/q;;;;;+2/p-2. The molecule has 77 valence electrons. The van der Waals surface area contributed by atoms with Gasteiger partial charge in [-0.25, -0.2) is 0 Å². The first-order chi connectivity index (χ1) is 5.16. The third kappa shape index (κ3) is 15.8. The van der Waals surface area contributed by atoms with Crippen LogP contribution < -0.4 is 24.8 Å². The Labute approximate surface area is 103 Å². The van der Waals surface area contributed by atoms with E-state index in [1.54, 1.807) is 4.28 Å². The van der Waals surface area contributed by atoms with E-state index in [4.69, 9.17) is 0 Å². The van der Waals surface area contributed by atoms with Crippen molar-refractivity contribution in [2.75, 3.05) is 20.0 Å². The number of allylic oxidation sites excluding steroid dienone is 4. The van der Waals surface area contributed by atoms with Gasteiger partial charge in [0.05, 0.1) is 0 Å². The van der Waals surface area contributed by atoms with Crippen molar-refractivity contribution in [3.63, 3.8) is 0 Å². The Hall–Kier alpha value is 1.07. The Bertz CT molecular complexity index is 153. The quantitative estimate of drug-likeness (QED) is 0.459. The number of rotatable bonds is 1. The van der Waals surface area contributed by atoms with Crippen LogP contribution in [0.3, 0.4) is 0 Å². The van der Waals surface area contributed by atoms with Gasteiger partial charge in [-0.05, 0) is 20.0 Å². The van der Waals surface area contributed by atoms with Crippen LogP contribution in [0.4, 0.5) is 0 Å². The molecule has 0 unspecified atom stereocenters. The largest absolute Gasteiger partial charge is 1.00 e. The van der Waals surface area contributed by atoms with E-state index in [1.165, 1.54) is 6.42 Å². The van der Waals surface area contributed by atoms with Crippen LogP contribution in [0, 0.1) is 0 Å². The SMILES string of the molecule is CP(C)C.[CH3][V+2][C]1=CC=CC1.[Cl-].[Cl-]. The van der Waals surface area contributed by atoms with Gasteiger partial charge < -0.3 is 24.8 Å². The molecule has 0 aromatic rings. The van der Waals surface area contributed by atoms with Crippen molar-refractivity contribution in [2.24, 2.45) is 0 Å². The minimum absolute atomic E-state index is 0. The average Bonchev–Trinajstić information content (AvgIpc) is 2.36. The maximum absolute atomic E-state index is 2.29. The summed E-state index contributed by atoms with van der Waals surface area (Å²) in [5.41, 5.74) is 2.29. The van der Waals surface area contributed by atoms with Gasteiger partial charge in [-0.1, -0.05) is 0 Å². The molecular formula is C9H17Cl2PV. The topological polar surface area (TPSA) is 0 Å². The van der Waals surface area contributed by atoms with Gasteiger partial charge in [-0.15, -0.1) is 7.92 Å². The van der Waals surface area contributed by atoms with Crippen LogP contribution in [-0.2, 0) is 16.3 Å². The van der Waals surface area contributed by atoms with E-state index in [0.29, 0.717) is 24.2 Å². The summed E-state index contributed by atoms with van der Waals surface area (Å²) < 4.78 is 1.65. The van der Waals surface area contributed by atoms with Crippen LogP contribution in [0.15, 0.2) is 22.5 Å². The number of hydrogen-bond donors (Lipinski definition) is 0. The Morgan fingerprint density at radius 1 is 1.23 bits per heavy atom. The summed E-state index contributed by atoms with van der Waals surface area (Å²) in [5, 5.41) is 0. The molecule has 0 atom stereocenters. The zero-order valence-corrected chi connectivity index (χ0v) is 12.4. The first-order valence-corrected chi connectivity index (χ1v) is 8.51. The molecule has 0 aromatic heterocycles. The first kappa shape index (κ1) is 19.6. The fourth-order valence-electron chi connectivity index (χ4n) is 0.602. The van der Waals surface area contributed by atoms with Crippen LogP contribution >= 0.6 is 7.92 Å². The zero-order valence-electron chi connectivity index (χ0n) is 8.59. The minimum Gasteiger partial charge on any atom is -1.00 e. The Morgan fingerprint density at radius 3 is 1.85 bits per heavy atom. The molecule has 0 saturated heterocycles. The minimum atomic E-state index is 0. The molecular weight excluding hydrogens is 261 g/mol. The third-order valence-electron chi connectivity index (χ3n) is 1.04. The monoisotopic (exact) mass is 277 g/mol. The van der Waals surface area contributed by atoms with E-state index in [-0.39, 0.29) is 24.8 Å². The molecule has 0 N–H and O–H groups in total. The fourth-order valence-corrected chi connectivity index (χ4v) is 1.42. The van der Waals surface area contributed by atoms with Gasteiger partial charge >= 0.3 is 50.9 Å². The maximum Gasteiger partial charge on any atom is -1.00 e. The molecule has 1 aliphatic rings. The van der Waals surface area contributed by atoms with Crippen molar-refractivity contribution in [1.29, 1.82) is 0 Å². The van der Waals surface area contributed by atoms with Crippen molar-refractivity contribution >= 4 is 7.92 Å². The van der Waals surface area contributed by atoms with E-state index in [2.05, 4.69) is 43.9 Å². The van der Waals surface area contributed by atoms with Crippen LogP contribution in [0.2, 0.25) is 5.64 Å². The molecule has 0 nitrogen and oxygen atoms in total. The molecule has 1 aliphatic carbocycles. The van der Waals surface area contributed by atoms with E-state index in [9.17, 15) is 0 Å². The van der Waals surface area contributed by atoms with Gasteiger partial charge in [0, 0.05) is 0 Å². The van der Waals surface area contributed by atoms with E-state index in [0.717, 1.165) is 0 Å². The number of halogens is 2. The van der Waals surface area contributed by atoms with Gasteiger partial charge in [-0.2, -0.15) is 0 Å². The fraction of sp³-hybridized carbons (Fsp3) is 0.556. The van der Waals surface area contributed by atoms with Crippen molar-refractivity contribution in [3.8, 4) is 0 Å². The van der Waals surface area contributed by atoms with Crippen LogP contribution in [-0.4, -0.2) is 20.0 Å². The molecule has 0 radical (unpaired) electrons. The summed E-state index contributed by atoms with van der Waals surface area (Å²) in [5.74, 6) is 0. The Kier molecular flexibility index (Phi) is 19.7. The van der Waals surface area contributed by atoms with Crippen molar-refractivity contribution < 1.29 is 41.1 Å². The molecule has 4 heteroatoms. The van der Waals surface area contributed by atoms with Gasteiger partial charge in [0.1, 0.15) is 0 Å². The van der Waals surface area contributed by atoms with Gasteiger partial charge in [0.2, 0.25) is 0 Å². The predicted molar refractivity (Wildman–Crippen MR) is 52.4 cm³/mol. The molecule has 0 aromatic carbocycles. The van der Waals surface area contributed by atoms with Crippen molar-refractivity contribution in [3.05, 3.63) is 22.5 Å². The summed E-state index contributed by atoms with van der Waals surface area (Å²) >= 11 is 0.523. The molecule has 0 saturated carbocycles. The van der Waals surface area contributed by atoms with E-state index >= 15 is 0 Å². The second-order valence-electron chi connectivity index (χ2n) is 2.86. The Balaban J connectivity index is -0.000000150. The normalized spacial score (nSPS) is 11.6. The molecule has 0 aliphatic heterocycles. The van der Waals surface area contributed by atoms with Gasteiger partial charge in [0.25, 0.3) is 0 Å². The summed E-state index contributed by atoms with van der Waals surface area (Å²) in [6, 6.07) is 0. The van der Waals surface area contributed by atoms with Gasteiger partial charge in [-0.3, -0.25) is 0 Å². The summed E-state index contributed by atoms with van der Waals surface area (Å²) in [6.07, 6.45) is 7.83. The van der Waals surface area contributed by atoms with Crippen molar-refractivity contribution in [2.45, 2.75) is 12.1 Å². The van der Waals surface area contributed by atoms with E-state index < -0.39 is 0 Å². The van der Waals surface area contributed by atoms with Crippen LogP contribution in [0.25, 0.3) is 0 Å². The third-order valence-corrected chi connectivity index (χ3v) is 2.45.